The molecule has 0 spiro atoms. The van der Waals surface area contributed by atoms with E-state index in [2.05, 4.69) is 71.4 Å². The lowest BCUT2D eigenvalue weighted by atomic mass is 10.0. The number of aromatic nitrogens is 1. The zero-order valence-electron chi connectivity index (χ0n) is 19.1. The van der Waals surface area contributed by atoms with E-state index in [0.717, 1.165) is 34.3 Å². The summed E-state index contributed by atoms with van der Waals surface area (Å²) < 4.78 is 2.83. The van der Waals surface area contributed by atoms with E-state index in [4.69, 9.17) is 12.2 Å². The van der Waals surface area contributed by atoms with Gasteiger partial charge in [0.15, 0.2) is 4.32 Å². The maximum Gasteiger partial charge on any atom is 0.270 e. The molecule has 5 heteroatoms. The molecule has 0 unspecified atom stereocenters. The second-order valence-electron chi connectivity index (χ2n) is 8.72. The Morgan fingerprint density at radius 1 is 0.886 bits per heavy atom. The molecule has 1 aliphatic heterocycles. The summed E-state index contributed by atoms with van der Waals surface area (Å²) in [5, 5.41) is 3.61. The van der Waals surface area contributed by atoms with Gasteiger partial charge in [-0.05, 0) is 53.1 Å². The fraction of sp³-hybridized carbons (Fsp3) is 0.0667. The predicted octanol–water partition coefficient (Wildman–Crippen LogP) is 7.56. The van der Waals surface area contributed by atoms with Gasteiger partial charge in [0.2, 0.25) is 0 Å². The minimum absolute atomic E-state index is 0.0727. The van der Waals surface area contributed by atoms with E-state index >= 15 is 0 Å². The number of carbonyl (C=O) groups is 1. The molecule has 4 aromatic carbocycles. The predicted molar refractivity (Wildman–Crippen MR) is 152 cm³/mol. The average Bonchev–Trinajstić information content (AvgIpc) is 3.35. The van der Waals surface area contributed by atoms with E-state index in [1.54, 1.807) is 4.90 Å². The first-order chi connectivity index (χ1) is 17.1. The van der Waals surface area contributed by atoms with Crippen molar-refractivity contribution >= 4 is 67.6 Å². The Hall–Kier alpha value is -3.67. The molecule has 6 rings (SSSR count). The Bertz CT molecular complexity index is 1660. The molecular formula is C30H22N2OS2. The molecule has 1 aromatic heterocycles. The summed E-state index contributed by atoms with van der Waals surface area (Å²) in [4.78, 5) is 15.6. The lowest BCUT2D eigenvalue weighted by molar-refractivity contribution is -0.113. The summed E-state index contributed by atoms with van der Waals surface area (Å²) >= 11 is 6.95. The number of nitrogens with zero attached hydrogens (tertiary/aromatic N) is 2. The standard InChI is InChI=1S/C30H22N2OS2/c1-20-8-6-12-24(16-20)32-29(33)28(35-30(32)34)17-23-19-31(27-15-5-4-14-26(23)27)18-22-11-7-10-21-9-2-3-13-25(21)22/h2-17,19H,18H2,1H3/b28-17+. The topological polar surface area (TPSA) is 25.2 Å². The van der Waals surface area contributed by atoms with Gasteiger partial charge in [0, 0.05) is 29.2 Å². The minimum atomic E-state index is -0.0727. The summed E-state index contributed by atoms with van der Waals surface area (Å²) in [6.45, 7) is 2.77. The highest BCUT2D eigenvalue weighted by molar-refractivity contribution is 8.27. The van der Waals surface area contributed by atoms with Crippen LogP contribution in [-0.4, -0.2) is 14.8 Å². The summed E-state index contributed by atoms with van der Waals surface area (Å²) in [5.74, 6) is -0.0727. The second-order valence-corrected chi connectivity index (χ2v) is 10.4. The normalized spacial score (nSPS) is 15.1. The van der Waals surface area contributed by atoms with Gasteiger partial charge in [-0.15, -0.1) is 0 Å². The van der Waals surface area contributed by atoms with Crippen LogP contribution in [0.5, 0.6) is 0 Å². The fourth-order valence-electron chi connectivity index (χ4n) is 4.73. The van der Waals surface area contributed by atoms with Crippen molar-refractivity contribution in [3.63, 3.8) is 0 Å². The van der Waals surface area contributed by atoms with E-state index < -0.39 is 0 Å². The Kier molecular flexibility index (Phi) is 5.51. The molecule has 0 bridgehead atoms. The second kappa shape index (κ2) is 8.84. The van der Waals surface area contributed by atoms with E-state index in [0.29, 0.717) is 9.23 Å². The molecule has 5 aromatic rings. The van der Waals surface area contributed by atoms with Crippen molar-refractivity contribution in [1.82, 2.24) is 4.57 Å². The number of thioether (sulfide) groups is 1. The number of carbonyl (C=O) groups excluding carboxylic acids is 1. The van der Waals surface area contributed by atoms with Crippen LogP contribution in [0.4, 0.5) is 5.69 Å². The van der Waals surface area contributed by atoms with E-state index in [1.165, 1.54) is 28.1 Å². The van der Waals surface area contributed by atoms with Crippen molar-refractivity contribution in [3.8, 4) is 0 Å². The number of hydrogen-bond acceptors (Lipinski definition) is 3. The third kappa shape index (κ3) is 3.97. The van der Waals surface area contributed by atoms with Gasteiger partial charge in [0.25, 0.3) is 5.91 Å². The van der Waals surface area contributed by atoms with Crippen molar-refractivity contribution in [2.75, 3.05) is 4.90 Å². The van der Waals surface area contributed by atoms with Crippen LogP contribution in [0.15, 0.2) is 102 Å². The molecule has 0 saturated carbocycles. The molecule has 0 N–H and O–H groups in total. The molecule has 2 heterocycles. The third-order valence-electron chi connectivity index (χ3n) is 6.38. The van der Waals surface area contributed by atoms with Crippen LogP contribution < -0.4 is 4.90 Å². The molecular weight excluding hydrogens is 468 g/mol. The van der Waals surface area contributed by atoms with Gasteiger partial charge in [-0.3, -0.25) is 9.69 Å². The number of amides is 1. The van der Waals surface area contributed by atoms with Crippen LogP contribution in [-0.2, 0) is 11.3 Å². The van der Waals surface area contributed by atoms with Crippen molar-refractivity contribution in [1.29, 1.82) is 0 Å². The van der Waals surface area contributed by atoms with E-state index in [-0.39, 0.29) is 5.91 Å². The molecule has 0 radical (unpaired) electrons. The van der Waals surface area contributed by atoms with Crippen molar-refractivity contribution < 1.29 is 4.79 Å². The third-order valence-corrected chi connectivity index (χ3v) is 7.68. The first kappa shape index (κ1) is 21.8. The SMILES string of the molecule is Cc1cccc(N2C(=O)/C(=C\c3cn(Cc4cccc5ccccc45)c4ccccc34)SC2=S)c1. The molecule has 3 nitrogen and oxygen atoms in total. The van der Waals surface area contributed by atoms with Crippen LogP contribution in [0.1, 0.15) is 16.7 Å². The highest BCUT2D eigenvalue weighted by Gasteiger charge is 2.33. The number of fused-ring (bicyclic) bond motifs is 2. The van der Waals surface area contributed by atoms with Crippen molar-refractivity contribution in [3.05, 3.63) is 119 Å². The molecule has 0 aliphatic carbocycles. The van der Waals surface area contributed by atoms with Crippen LogP contribution >= 0.6 is 24.0 Å². The lowest BCUT2D eigenvalue weighted by Crippen LogP contribution is -2.27. The zero-order chi connectivity index (χ0) is 23.9. The highest BCUT2D eigenvalue weighted by atomic mass is 32.2. The molecule has 1 aliphatic rings. The van der Waals surface area contributed by atoms with Gasteiger partial charge in [-0.1, -0.05) is 96.8 Å². The maximum atomic E-state index is 13.4. The number of rotatable bonds is 4. The Labute approximate surface area is 213 Å². The van der Waals surface area contributed by atoms with Gasteiger partial charge in [-0.25, -0.2) is 0 Å². The van der Waals surface area contributed by atoms with Gasteiger partial charge in [0.05, 0.1) is 10.6 Å². The Morgan fingerprint density at radius 3 is 2.49 bits per heavy atom. The molecule has 1 saturated heterocycles. The summed E-state index contributed by atoms with van der Waals surface area (Å²) in [7, 11) is 0. The highest BCUT2D eigenvalue weighted by Crippen LogP contribution is 2.37. The van der Waals surface area contributed by atoms with Gasteiger partial charge < -0.3 is 4.57 Å². The Morgan fingerprint density at radius 2 is 1.63 bits per heavy atom. The van der Waals surface area contributed by atoms with E-state index in [1.807, 2.05) is 43.3 Å². The first-order valence-electron chi connectivity index (χ1n) is 11.5. The quantitative estimate of drug-likeness (QED) is 0.192. The molecule has 1 amide bonds. The van der Waals surface area contributed by atoms with Crippen LogP contribution in [0.2, 0.25) is 0 Å². The Balaban J connectivity index is 1.40. The fourth-order valence-corrected chi connectivity index (χ4v) is 6.02. The number of thiocarbonyl (C=S) groups is 1. The molecule has 1 fully saturated rings. The van der Waals surface area contributed by atoms with Crippen LogP contribution in [0, 0.1) is 6.92 Å². The summed E-state index contributed by atoms with van der Waals surface area (Å²) in [6, 6.07) is 31.2. The number of aryl methyl sites for hydroxylation is 1. The first-order valence-corrected chi connectivity index (χ1v) is 12.7. The van der Waals surface area contributed by atoms with Gasteiger partial charge in [-0.2, -0.15) is 0 Å². The average molecular weight is 491 g/mol. The van der Waals surface area contributed by atoms with Crippen molar-refractivity contribution in [2.45, 2.75) is 13.5 Å². The molecule has 170 valence electrons. The minimum Gasteiger partial charge on any atom is -0.342 e. The number of anilines is 1. The summed E-state index contributed by atoms with van der Waals surface area (Å²) in [6.07, 6.45) is 4.13. The van der Waals surface area contributed by atoms with E-state index in [9.17, 15) is 4.79 Å². The number of para-hydroxylation sites is 1. The zero-order valence-corrected chi connectivity index (χ0v) is 20.8. The smallest absolute Gasteiger partial charge is 0.270 e. The van der Waals surface area contributed by atoms with Gasteiger partial charge in [0.1, 0.15) is 0 Å². The molecule has 0 atom stereocenters. The van der Waals surface area contributed by atoms with Crippen LogP contribution in [0.3, 0.4) is 0 Å². The molecule has 35 heavy (non-hydrogen) atoms. The van der Waals surface area contributed by atoms with Crippen LogP contribution in [0.25, 0.3) is 27.8 Å². The summed E-state index contributed by atoms with van der Waals surface area (Å²) in [5.41, 5.74) is 5.33. The number of benzene rings is 4. The monoisotopic (exact) mass is 490 g/mol. The lowest BCUT2D eigenvalue weighted by Gasteiger charge is -2.14. The number of hydrogen-bond donors (Lipinski definition) is 0. The van der Waals surface area contributed by atoms with Gasteiger partial charge >= 0.3 is 0 Å². The maximum absolute atomic E-state index is 13.4. The van der Waals surface area contributed by atoms with Crippen molar-refractivity contribution in [2.24, 2.45) is 0 Å². The largest absolute Gasteiger partial charge is 0.342 e.